The fraction of sp³-hybridized carbons (Fsp3) is 0.667. The summed E-state index contributed by atoms with van der Waals surface area (Å²) in [6.45, 7) is 0.490. The van der Waals surface area contributed by atoms with Gasteiger partial charge in [0.2, 0.25) is 5.91 Å². The molecule has 2 N–H and O–H groups in total. The van der Waals surface area contributed by atoms with Gasteiger partial charge in [0.25, 0.3) is 0 Å². The molecule has 1 aromatic rings. The Bertz CT molecular complexity index is 682. The van der Waals surface area contributed by atoms with Crippen LogP contribution >= 0.6 is 0 Å². The van der Waals surface area contributed by atoms with E-state index in [-0.39, 0.29) is 24.0 Å². The SMILES string of the molecule is COc1cccc(N2CC(NC(=O)NC3CCCCCCCCCCC3)CC2=O)c1. The molecule has 1 aromatic carbocycles. The van der Waals surface area contributed by atoms with Crippen LogP contribution in [0.5, 0.6) is 5.75 Å². The number of benzene rings is 1. The van der Waals surface area contributed by atoms with Crippen LogP contribution in [0, 0.1) is 0 Å². The van der Waals surface area contributed by atoms with E-state index in [1.165, 1.54) is 57.8 Å². The van der Waals surface area contributed by atoms with Gasteiger partial charge in [-0.2, -0.15) is 0 Å². The first-order chi connectivity index (χ1) is 14.7. The predicted octanol–water partition coefficient (Wildman–Crippen LogP) is 4.77. The van der Waals surface area contributed by atoms with Gasteiger partial charge in [0.15, 0.2) is 0 Å². The van der Waals surface area contributed by atoms with Crippen LogP contribution in [-0.4, -0.2) is 37.7 Å². The highest BCUT2D eigenvalue weighted by Crippen LogP contribution is 2.25. The normalized spacial score (nSPS) is 22.1. The molecule has 2 aliphatic rings. The van der Waals surface area contributed by atoms with E-state index >= 15 is 0 Å². The van der Waals surface area contributed by atoms with Crippen LogP contribution in [0.4, 0.5) is 10.5 Å². The number of carbonyl (C=O) groups excluding carboxylic acids is 2. The molecule has 0 bridgehead atoms. The van der Waals surface area contributed by atoms with Gasteiger partial charge in [-0.05, 0) is 25.0 Å². The van der Waals surface area contributed by atoms with E-state index in [2.05, 4.69) is 10.6 Å². The number of carbonyl (C=O) groups is 2. The first-order valence-corrected chi connectivity index (χ1v) is 11.7. The van der Waals surface area contributed by atoms with Gasteiger partial charge in [0, 0.05) is 30.8 Å². The number of hydrogen-bond acceptors (Lipinski definition) is 3. The molecule has 1 atom stereocenters. The van der Waals surface area contributed by atoms with Crippen LogP contribution in [0.15, 0.2) is 24.3 Å². The number of hydrogen-bond donors (Lipinski definition) is 2. The van der Waals surface area contributed by atoms with Gasteiger partial charge in [-0.1, -0.05) is 63.9 Å². The second-order valence-corrected chi connectivity index (χ2v) is 8.68. The van der Waals surface area contributed by atoms with E-state index < -0.39 is 0 Å². The lowest BCUT2D eigenvalue weighted by atomic mass is 9.98. The van der Waals surface area contributed by atoms with E-state index in [1.807, 2.05) is 24.3 Å². The van der Waals surface area contributed by atoms with Gasteiger partial charge in [-0.25, -0.2) is 4.79 Å². The molecule has 3 amide bonds. The zero-order valence-electron chi connectivity index (χ0n) is 18.3. The molecule has 166 valence electrons. The lowest BCUT2D eigenvalue weighted by molar-refractivity contribution is -0.117. The van der Waals surface area contributed by atoms with Crippen molar-refractivity contribution in [2.24, 2.45) is 0 Å². The van der Waals surface area contributed by atoms with Crippen molar-refractivity contribution in [2.75, 3.05) is 18.6 Å². The molecule has 0 aromatic heterocycles. The maximum absolute atomic E-state index is 12.6. The summed E-state index contributed by atoms with van der Waals surface area (Å²) in [5, 5.41) is 6.21. The highest BCUT2D eigenvalue weighted by atomic mass is 16.5. The first-order valence-electron chi connectivity index (χ1n) is 11.7. The van der Waals surface area contributed by atoms with Crippen molar-refractivity contribution in [2.45, 2.75) is 89.1 Å². The molecule has 0 spiro atoms. The highest BCUT2D eigenvalue weighted by Gasteiger charge is 2.32. The summed E-state index contributed by atoms with van der Waals surface area (Å²) in [7, 11) is 1.61. The molecule has 6 heteroatoms. The predicted molar refractivity (Wildman–Crippen MR) is 120 cm³/mol. The lowest BCUT2D eigenvalue weighted by Crippen LogP contribution is -2.47. The van der Waals surface area contributed by atoms with Crippen LogP contribution in [0.2, 0.25) is 0 Å². The molecular weight excluding hydrogens is 378 g/mol. The zero-order valence-corrected chi connectivity index (χ0v) is 18.3. The molecule has 0 radical (unpaired) electrons. The molecule has 1 heterocycles. The number of anilines is 1. The monoisotopic (exact) mass is 415 g/mol. The molecule has 1 saturated carbocycles. The van der Waals surface area contributed by atoms with Crippen molar-refractivity contribution in [3.63, 3.8) is 0 Å². The van der Waals surface area contributed by atoms with E-state index in [1.54, 1.807) is 12.0 Å². The number of amides is 3. The Hall–Kier alpha value is -2.24. The van der Waals surface area contributed by atoms with Crippen molar-refractivity contribution in [1.29, 1.82) is 0 Å². The summed E-state index contributed by atoms with van der Waals surface area (Å²) in [5.74, 6) is 0.747. The highest BCUT2D eigenvalue weighted by molar-refractivity contribution is 5.97. The molecule has 3 rings (SSSR count). The second-order valence-electron chi connectivity index (χ2n) is 8.68. The minimum Gasteiger partial charge on any atom is -0.497 e. The maximum atomic E-state index is 12.6. The Balaban J connectivity index is 1.49. The second kappa shape index (κ2) is 11.8. The Morgan fingerprint density at radius 2 is 1.53 bits per heavy atom. The summed E-state index contributed by atoms with van der Waals surface area (Å²) < 4.78 is 5.26. The Morgan fingerprint density at radius 3 is 2.17 bits per heavy atom. The van der Waals surface area contributed by atoms with Crippen molar-refractivity contribution >= 4 is 17.6 Å². The molecule has 1 aliphatic heterocycles. The molecule has 6 nitrogen and oxygen atoms in total. The third-order valence-electron chi connectivity index (χ3n) is 6.27. The third kappa shape index (κ3) is 6.92. The standard InChI is InChI=1S/C24H37N3O3/c1-30-22-15-11-14-21(17-22)27-18-20(16-23(27)28)26-24(29)25-19-12-9-7-5-3-2-4-6-8-10-13-19/h11,14-15,17,19-20H,2-10,12-13,16,18H2,1H3,(H2,25,26,29). The van der Waals surface area contributed by atoms with Gasteiger partial charge in [-0.3, -0.25) is 4.79 Å². The van der Waals surface area contributed by atoms with Crippen molar-refractivity contribution in [3.05, 3.63) is 24.3 Å². The fourth-order valence-electron chi connectivity index (χ4n) is 4.55. The first kappa shape index (κ1) is 22.4. The van der Waals surface area contributed by atoms with Crippen LogP contribution in [0.25, 0.3) is 0 Å². The summed E-state index contributed by atoms with van der Waals surface area (Å²) in [6.07, 6.45) is 14.0. The van der Waals surface area contributed by atoms with Crippen LogP contribution < -0.4 is 20.3 Å². The Labute approximate surface area is 180 Å². The van der Waals surface area contributed by atoms with E-state index in [9.17, 15) is 9.59 Å². The molecule has 2 fully saturated rings. The molecule has 30 heavy (non-hydrogen) atoms. The zero-order chi connectivity index (χ0) is 21.2. The van der Waals surface area contributed by atoms with Gasteiger partial charge < -0.3 is 20.3 Å². The minimum absolute atomic E-state index is 0.0274. The summed E-state index contributed by atoms with van der Waals surface area (Å²) in [5.41, 5.74) is 0.809. The smallest absolute Gasteiger partial charge is 0.315 e. The number of ether oxygens (including phenoxy) is 1. The molecule has 1 saturated heterocycles. The number of nitrogens with one attached hydrogen (secondary N) is 2. The largest absolute Gasteiger partial charge is 0.497 e. The van der Waals surface area contributed by atoms with Crippen LogP contribution in [-0.2, 0) is 4.79 Å². The lowest BCUT2D eigenvalue weighted by Gasteiger charge is -2.22. The third-order valence-corrected chi connectivity index (χ3v) is 6.27. The van der Waals surface area contributed by atoms with Crippen LogP contribution in [0.1, 0.15) is 77.0 Å². The number of methoxy groups -OCH3 is 1. The van der Waals surface area contributed by atoms with Gasteiger partial charge >= 0.3 is 6.03 Å². The Morgan fingerprint density at radius 1 is 0.933 bits per heavy atom. The number of nitrogens with zero attached hydrogens (tertiary/aromatic N) is 1. The average molecular weight is 416 g/mol. The number of rotatable bonds is 4. The molecule has 1 unspecified atom stereocenters. The topological polar surface area (TPSA) is 70.7 Å². The van der Waals surface area contributed by atoms with Crippen molar-refractivity contribution in [1.82, 2.24) is 10.6 Å². The fourth-order valence-corrected chi connectivity index (χ4v) is 4.55. The summed E-state index contributed by atoms with van der Waals surface area (Å²) in [4.78, 5) is 26.8. The molecule has 1 aliphatic carbocycles. The number of urea groups is 1. The van der Waals surface area contributed by atoms with E-state index in [0.717, 1.165) is 24.3 Å². The van der Waals surface area contributed by atoms with Gasteiger partial charge in [0.05, 0.1) is 13.2 Å². The maximum Gasteiger partial charge on any atom is 0.315 e. The Kier molecular flexibility index (Phi) is 8.84. The minimum atomic E-state index is -0.171. The average Bonchev–Trinajstić information content (AvgIpc) is 3.10. The van der Waals surface area contributed by atoms with Gasteiger partial charge in [-0.15, -0.1) is 0 Å². The molecular formula is C24H37N3O3. The van der Waals surface area contributed by atoms with Crippen molar-refractivity contribution in [3.8, 4) is 5.75 Å². The summed E-state index contributed by atoms with van der Waals surface area (Å²) in [6, 6.07) is 7.40. The van der Waals surface area contributed by atoms with E-state index in [0.29, 0.717) is 13.0 Å². The quantitative estimate of drug-likeness (QED) is 0.744. The summed E-state index contributed by atoms with van der Waals surface area (Å²) >= 11 is 0. The van der Waals surface area contributed by atoms with Crippen molar-refractivity contribution < 1.29 is 14.3 Å². The van der Waals surface area contributed by atoms with Crippen LogP contribution in [0.3, 0.4) is 0 Å². The van der Waals surface area contributed by atoms with E-state index in [4.69, 9.17) is 4.74 Å². The van der Waals surface area contributed by atoms with Gasteiger partial charge in [0.1, 0.15) is 5.75 Å².